The molecular weight excluding hydrogens is 587 g/mol. The highest BCUT2D eigenvalue weighted by molar-refractivity contribution is 6.32. The third kappa shape index (κ3) is 7.53. The van der Waals surface area contributed by atoms with Crippen molar-refractivity contribution in [2.24, 2.45) is 5.10 Å². The topological polar surface area (TPSA) is 107 Å². The summed E-state index contributed by atoms with van der Waals surface area (Å²) in [5, 5.41) is 6.60. The van der Waals surface area contributed by atoms with E-state index in [1.165, 1.54) is 30.5 Å². The second kappa shape index (κ2) is 13.7. The Bertz CT molecular complexity index is 1790. The molecule has 224 valence electrons. The second-order valence-corrected chi connectivity index (χ2v) is 10.1. The minimum atomic E-state index is -0.549. The van der Waals surface area contributed by atoms with Gasteiger partial charge in [-0.1, -0.05) is 23.7 Å². The number of rotatable bonds is 11. The first-order chi connectivity index (χ1) is 21.3. The predicted molar refractivity (Wildman–Crippen MR) is 165 cm³/mol. The van der Waals surface area contributed by atoms with E-state index in [-0.39, 0.29) is 35.4 Å². The molecule has 2 aromatic heterocycles. The summed E-state index contributed by atoms with van der Waals surface area (Å²) in [7, 11) is 0. The van der Waals surface area contributed by atoms with Crippen molar-refractivity contribution in [3.63, 3.8) is 0 Å². The Labute approximate surface area is 257 Å². The normalized spacial score (nSPS) is 11.0. The van der Waals surface area contributed by atoms with Crippen molar-refractivity contribution in [3.05, 3.63) is 130 Å². The molecule has 0 fully saturated rings. The molecule has 2 heterocycles. The van der Waals surface area contributed by atoms with Crippen molar-refractivity contribution in [1.82, 2.24) is 9.99 Å². The standard InChI is InChI=1S/C33H28ClFN4O5/c1-21-7-8-22(2)39(21)24-10-12-25(13-11-24)42-19-26-14-16-31(44-26)33(41)38-36-18-23-9-15-30(27(34)17-23)43-20-32(40)37-29-6-4-3-5-28(29)35/h3-18H,19-20H2,1-2H3,(H,37,40)(H,38,41)/b36-18+. The van der Waals surface area contributed by atoms with Crippen LogP contribution in [0.3, 0.4) is 0 Å². The molecule has 0 aliphatic rings. The summed E-state index contributed by atoms with van der Waals surface area (Å²) < 4.78 is 32.7. The number of nitrogens with one attached hydrogen (secondary N) is 2. The maximum absolute atomic E-state index is 13.7. The maximum Gasteiger partial charge on any atom is 0.307 e. The number of para-hydroxylation sites is 1. The van der Waals surface area contributed by atoms with Crippen LogP contribution >= 0.6 is 11.6 Å². The molecule has 9 nitrogen and oxygen atoms in total. The van der Waals surface area contributed by atoms with Gasteiger partial charge >= 0.3 is 5.91 Å². The van der Waals surface area contributed by atoms with E-state index in [0.29, 0.717) is 17.1 Å². The van der Waals surface area contributed by atoms with E-state index in [1.54, 1.807) is 30.3 Å². The third-order valence-electron chi connectivity index (χ3n) is 6.47. The van der Waals surface area contributed by atoms with Crippen LogP contribution < -0.4 is 20.2 Å². The number of aryl methyl sites for hydroxylation is 2. The molecule has 3 aromatic carbocycles. The summed E-state index contributed by atoms with van der Waals surface area (Å²) in [4.78, 5) is 24.6. The first-order valence-electron chi connectivity index (χ1n) is 13.5. The minimum Gasteiger partial charge on any atom is -0.486 e. The lowest BCUT2D eigenvalue weighted by atomic mass is 10.2. The van der Waals surface area contributed by atoms with Crippen LogP contribution in [0.2, 0.25) is 5.02 Å². The zero-order chi connectivity index (χ0) is 31.1. The molecular formula is C33H28ClFN4O5. The van der Waals surface area contributed by atoms with E-state index in [1.807, 2.05) is 24.3 Å². The molecule has 2 N–H and O–H groups in total. The number of halogens is 2. The largest absolute Gasteiger partial charge is 0.486 e. The van der Waals surface area contributed by atoms with E-state index in [0.717, 1.165) is 17.1 Å². The Morgan fingerprint density at radius 1 is 0.955 bits per heavy atom. The highest BCUT2D eigenvalue weighted by atomic mass is 35.5. The summed E-state index contributed by atoms with van der Waals surface area (Å²) in [6, 6.07) is 25.6. The molecule has 2 amide bonds. The van der Waals surface area contributed by atoms with Gasteiger partial charge in [0.05, 0.1) is 16.9 Å². The second-order valence-electron chi connectivity index (χ2n) is 9.71. The van der Waals surface area contributed by atoms with Crippen molar-refractivity contribution in [3.8, 4) is 17.2 Å². The third-order valence-corrected chi connectivity index (χ3v) is 6.77. The van der Waals surface area contributed by atoms with Gasteiger partial charge in [-0.2, -0.15) is 5.10 Å². The predicted octanol–water partition coefficient (Wildman–Crippen LogP) is 6.84. The number of anilines is 1. The van der Waals surface area contributed by atoms with Crippen LogP contribution in [0.5, 0.6) is 11.5 Å². The van der Waals surface area contributed by atoms with Gasteiger partial charge in [-0.05, 0) is 98.3 Å². The summed E-state index contributed by atoms with van der Waals surface area (Å²) in [6.07, 6.45) is 1.39. The molecule has 11 heteroatoms. The Hall–Kier alpha value is -5.35. The van der Waals surface area contributed by atoms with Gasteiger partial charge in [0, 0.05) is 17.1 Å². The average molecular weight is 615 g/mol. The van der Waals surface area contributed by atoms with Gasteiger partial charge in [0.1, 0.15) is 29.7 Å². The SMILES string of the molecule is Cc1ccc(C)n1-c1ccc(OCc2ccc(C(=O)N/N=C/c3ccc(OCC(=O)Nc4ccccc4F)c(Cl)c3)o2)cc1. The number of ether oxygens (including phenoxy) is 2. The van der Waals surface area contributed by atoms with Crippen LogP contribution in [-0.2, 0) is 11.4 Å². The smallest absolute Gasteiger partial charge is 0.307 e. The number of amides is 2. The van der Waals surface area contributed by atoms with E-state index in [4.69, 9.17) is 25.5 Å². The van der Waals surface area contributed by atoms with Crippen molar-refractivity contribution in [2.75, 3.05) is 11.9 Å². The van der Waals surface area contributed by atoms with Gasteiger partial charge in [-0.25, -0.2) is 9.82 Å². The lowest BCUT2D eigenvalue weighted by molar-refractivity contribution is -0.118. The average Bonchev–Trinajstić information content (AvgIpc) is 3.63. The number of carbonyl (C=O) groups excluding carboxylic acids is 2. The van der Waals surface area contributed by atoms with E-state index >= 15 is 0 Å². The lowest BCUT2D eigenvalue weighted by Crippen LogP contribution is -2.20. The molecule has 0 atom stereocenters. The highest BCUT2D eigenvalue weighted by Gasteiger charge is 2.12. The van der Waals surface area contributed by atoms with Gasteiger partial charge in [-0.15, -0.1) is 0 Å². The summed E-state index contributed by atoms with van der Waals surface area (Å²) >= 11 is 6.26. The Kier molecular flexibility index (Phi) is 9.41. The quantitative estimate of drug-likeness (QED) is 0.125. The van der Waals surface area contributed by atoms with Gasteiger partial charge < -0.3 is 23.8 Å². The summed E-state index contributed by atoms with van der Waals surface area (Å²) in [6.45, 7) is 3.89. The van der Waals surface area contributed by atoms with Crippen LogP contribution in [0.4, 0.5) is 10.1 Å². The molecule has 0 saturated heterocycles. The number of hydrogen-bond acceptors (Lipinski definition) is 6. The van der Waals surface area contributed by atoms with Gasteiger partial charge in [0.2, 0.25) is 0 Å². The molecule has 0 bridgehead atoms. The molecule has 5 aromatic rings. The summed E-state index contributed by atoms with van der Waals surface area (Å²) in [5.74, 6) is -0.156. The molecule has 0 saturated carbocycles. The van der Waals surface area contributed by atoms with Crippen LogP contribution in [0, 0.1) is 19.7 Å². The number of hydrogen-bond donors (Lipinski definition) is 2. The maximum atomic E-state index is 13.7. The molecule has 0 spiro atoms. The molecule has 5 rings (SSSR count). The van der Waals surface area contributed by atoms with Gasteiger partial charge in [0.25, 0.3) is 5.91 Å². The van der Waals surface area contributed by atoms with Crippen molar-refractivity contribution in [1.29, 1.82) is 0 Å². The Morgan fingerprint density at radius 2 is 1.70 bits per heavy atom. The molecule has 0 aliphatic heterocycles. The zero-order valence-corrected chi connectivity index (χ0v) is 24.6. The molecule has 44 heavy (non-hydrogen) atoms. The van der Waals surface area contributed by atoms with Crippen LogP contribution in [0.1, 0.15) is 33.3 Å². The number of aromatic nitrogens is 1. The van der Waals surface area contributed by atoms with E-state index < -0.39 is 17.6 Å². The van der Waals surface area contributed by atoms with Crippen molar-refractivity contribution < 1.29 is 27.9 Å². The number of hydrazone groups is 1. The fourth-order valence-electron chi connectivity index (χ4n) is 4.33. The fourth-order valence-corrected chi connectivity index (χ4v) is 4.57. The number of carbonyl (C=O) groups is 2. The monoisotopic (exact) mass is 614 g/mol. The number of nitrogens with zero attached hydrogens (tertiary/aromatic N) is 2. The van der Waals surface area contributed by atoms with Crippen molar-refractivity contribution in [2.45, 2.75) is 20.5 Å². The van der Waals surface area contributed by atoms with Gasteiger partial charge in [-0.3, -0.25) is 9.59 Å². The number of furan rings is 1. The zero-order valence-electron chi connectivity index (χ0n) is 23.8. The van der Waals surface area contributed by atoms with Gasteiger partial charge in [0.15, 0.2) is 12.4 Å². The molecule has 0 radical (unpaired) electrons. The molecule has 0 aliphatic carbocycles. The highest BCUT2D eigenvalue weighted by Crippen LogP contribution is 2.25. The van der Waals surface area contributed by atoms with E-state index in [9.17, 15) is 14.0 Å². The lowest BCUT2D eigenvalue weighted by Gasteiger charge is -2.10. The first-order valence-corrected chi connectivity index (χ1v) is 13.9. The van der Waals surface area contributed by atoms with E-state index in [2.05, 4.69) is 46.4 Å². The Morgan fingerprint density at radius 3 is 2.43 bits per heavy atom. The van der Waals surface area contributed by atoms with Crippen LogP contribution in [0.15, 0.2) is 101 Å². The molecule has 0 unspecified atom stereocenters. The summed E-state index contributed by atoms with van der Waals surface area (Å²) in [5.41, 5.74) is 6.37. The number of benzene rings is 3. The first kappa shape index (κ1) is 30.1. The Balaban J connectivity index is 1.08. The van der Waals surface area contributed by atoms with Crippen LogP contribution in [0.25, 0.3) is 5.69 Å². The minimum absolute atomic E-state index is 0.0554. The fraction of sp³-hybridized carbons (Fsp3) is 0.121. The van der Waals surface area contributed by atoms with Crippen molar-refractivity contribution >= 4 is 35.3 Å². The van der Waals surface area contributed by atoms with Crippen LogP contribution in [-0.4, -0.2) is 29.2 Å².